The summed E-state index contributed by atoms with van der Waals surface area (Å²) in [6.07, 6.45) is -0.742. The lowest BCUT2D eigenvalue weighted by Crippen LogP contribution is -2.16. The van der Waals surface area contributed by atoms with Gasteiger partial charge in [0.05, 0.1) is 14.9 Å². The van der Waals surface area contributed by atoms with Gasteiger partial charge in [-0.15, -0.1) is 11.3 Å². The third-order valence-corrected chi connectivity index (χ3v) is 5.10. The van der Waals surface area contributed by atoms with Crippen LogP contribution < -0.4 is 9.47 Å². The average molecular weight is 407 g/mol. The second-order valence-electron chi connectivity index (χ2n) is 3.94. The summed E-state index contributed by atoms with van der Waals surface area (Å²) in [5, 5.41) is 10.4. The molecule has 7 heteroatoms. The van der Waals surface area contributed by atoms with Gasteiger partial charge in [-0.05, 0) is 49.6 Å². The van der Waals surface area contributed by atoms with Gasteiger partial charge in [0, 0.05) is 0 Å². The molecule has 1 N–H and O–H groups in total. The van der Waals surface area contributed by atoms with Crippen molar-refractivity contribution >= 4 is 43.2 Å². The molecule has 0 amide bonds. The van der Waals surface area contributed by atoms with Crippen LogP contribution in [0.5, 0.6) is 11.5 Å². The molecule has 1 unspecified atom stereocenters. The summed E-state index contributed by atoms with van der Waals surface area (Å²) in [5.74, 6) is 1.33. The van der Waals surface area contributed by atoms with Gasteiger partial charge in [-0.3, -0.25) is 0 Å². The Morgan fingerprint density at radius 3 is 2.79 bits per heavy atom. The third kappa shape index (κ3) is 2.52. The predicted molar refractivity (Wildman–Crippen MR) is 79.0 cm³/mol. The molecule has 1 aliphatic rings. The minimum atomic E-state index is -0.742. The maximum Gasteiger partial charge on any atom is 0.175 e. The molecule has 0 fully saturated rings. The smallest absolute Gasteiger partial charge is 0.175 e. The molecule has 1 aromatic carbocycles. The number of benzene rings is 1. The molecule has 1 aromatic heterocycles. The molecule has 0 aliphatic carbocycles. The van der Waals surface area contributed by atoms with E-state index in [1.54, 1.807) is 11.6 Å². The lowest BCUT2D eigenvalue weighted by atomic mass is 10.1. The monoisotopic (exact) mass is 405 g/mol. The number of aliphatic hydroxyl groups excluding tert-OH is 1. The molecule has 0 saturated carbocycles. The molecule has 2 aromatic rings. The molecule has 0 spiro atoms. The fraction of sp³-hybridized carbons (Fsp3) is 0.250. The van der Waals surface area contributed by atoms with Gasteiger partial charge in [0.2, 0.25) is 0 Å². The Labute approximate surface area is 130 Å². The van der Waals surface area contributed by atoms with Crippen molar-refractivity contribution in [2.24, 2.45) is 0 Å². The highest BCUT2D eigenvalue weighted by molar-refractivity contribution is 9.10. The number of fused-ring (bicyclic) bond motifs is 1. The summed E-state index contributed by atoms with van der Waals surface area (Å²) >= 11 is 8.17. The molecule has 3 rings (SSSR count). The van der Waals surface area contributed by atoms with E-state index in [0.717, 1.165) is 14.9 Å². The number of halogens is 2. The molecule has 19 heavy (non-hydrogen) atoms. The Morgan fingerprint density at radius 2 is 2.05 bits per heavy atom. The molecular formula is C12H9Br2NO3S. The molecule has 0 bridgehead atoms. The van der Waals surface area contributed by atoms with E-state index in [-0.39, 0.29) is 0 Å². The minimum Gasteiger partial charge on any atom is -0.486 e. The van der Waals surface area contributed by atoms with Crippen LogP contribution in [0, 0.1) is 0 Å². The summed E-state index contributed by atoms with van der Waals surface area (Å²) in [7, 11) is 0. The van der Waals surface area contributed by atoms with Gasteiger partial charge in [0.15, 0.2) is 11.5 Å². The summed E-state index contributed by atoms with van der Waals surface area (Å²) in [5.41, 5.74) is 2.43. The molecular weight excluding hydrogens is 398 g/mol. The Kier molecular flexibility index (Phi) is 3.79. The first kappa shape index (κ1) is 13.4. The van der Waals surface area contributed by atoms with Crippen molar-refractivity contribution in [3.63, 3.8) is 0 Å². The summed E-state index contributed by atoms with van der Waals surface area (Å²) in [6.45, 7) is 1.05. The van der Waals surface area contributed by atoms with Crippen LogP contribution in [0.2, 0.25) is 0 Å². The van der Waals surface area contributed by atoms with E-state index >= 15 is 0 Å². The predicted octanol–water partition coefficient (Wildman–Crippen LogP) is 3.52. The molecule has 0 saturated heterocycles. The zero-order valence-corrected chi connectivity index (χ0v) is 13.6. The topological polar surface area (TPSA) is 51.6 Å². The standard InChI is InChI=1S/C12H9Br2NO3S/c13-7-3-6(4-8-10(7)18-2-1-17-8)9(16)11-12(14)15-5-19-11/h3-5,9,16H,1-2H2. The Bertz CT molecular complexity index is 617. The number of ether oxygens (including phenoxy) is 2. The second kappa shape index (κ2) is 5.40. The fourth-order valence-electron chi connectivity index (χ4n) is 1.86. The number of hydrogen-bond donors (Lipinski definition) is 1. The molecule has 4 nitrogen and oxygen atoms in total. The number of rotatable bonds is 2. The number of aliphatic hydroxyl groups is 1. The number of nitrogens with zero attached hydrogens (tertiary/aromatic N) is 1. The van der Waals surface area contributed by atoms with E-state index in [2.05, 4.69) is 36.8 Å². The van der Waals surface area contributed by atoms with Crippen LogP contribution in [0.25, 0.3) is 0 Å². The summed E-state index contributed by atoms with van der Waals surface area (Å²) in [4.78, 5) is 4.85. The maximum absolute atomic E-state index is 10.4. The van der Waals surface area contributed by atoms with Crippen molar-refractivity contribution in [3.8, 4) is 11.5 Å². The zero-order chi connectivity index (χ0) is 13.4. The van der Waals surface area contributed by atoms with Crippen molar-refractivity contribution in [1.29, 1.82) is 0 Å². The summed E-state index contributed by atoms with van der Waals surface area (Å²) < 4.78 is 12.5. The van der Waals surface area contributed by atoms with Gasteiger partial charge >= 0.3 is 0 Å². The van der Waals surface area contributed by atoms with Gasteiger partial charge in [0.25, 0.3) is 0 Å². The first-order valence-electron chi connectivity index (χ1n) is 5.53. The number of hydrogen-bond acceptors (Lipinski definition) is 5. The molecule has 0 radical (unpaired) electrons. The lowest BCUT2D eigenvalue weighted by molar-refractivity contribution is 0.168. The van der Waals surface area contributed by atoms with Gasteiger partial charge < -0.3 is 14.6 Å². The van der Waals surface area contributed by atoms with Crippen molar-refractivity contribution in [1.82, 2.24) is 4.98 Å². The fourth-order valence-corrected chi connectivity index (χ4v) is 3.85. The maximum atomic E-state index is 10.4. The largest absolute Gasteiger partial charge is 0.486 e. The van der Waals surface area contributed by atoms with Gasteiger partial charge in [-0.1, -0.05) is 0 Å². The number of aromatic nitrogens is 1. The van der Waals surface area contributed by atoms with Crippen molar-refractivity contribution in [2.45, 2.75) is 6.10 Å². The van der Waals surface area contributed by atoms with Crippen LogP contribution in [0.3, 0.4) is 0 Å². The Hall–Kier alpha value is -0.630. The highest BCUT2D eigenvalue weighted by atomic mass is 79.9. The molecule has 100 valence electrons. The van der Waals surface area contributed by atoms with E-state index in [9.17, 15) is 5.11 Å². The first-order chi connectivity index (χ1) is 9.16. The number of thiazole rings is 1. The third-order valence-electron chi connectivity index (χ3n) is 2.73. The van der Waals surface area contributed by atoms with Crippen LogP contribution in [-0.2, 0) is 0 Å². The van der Waals surface area contributed by atoms with E-state index in [4.69, 9.17) is 9.47 Å². The first-order valence-corrected chi connectivity index (χ1v) is 7.99. The van der Waals surface area contributed by atoms with E-state index < -0.39 is 6.10 Å². The highest BCUT2D eigenvalue weighted by Gasteiger charge is 2.22. The van der Waals surface area contributed by atoms with Gasteiger partial charge in [-0.25, -0.2) is 4.98 Å². The van der Waals surface area contributed by atoms with Gasteiger partial charge in [-0.2, -0.15) is 0 Å². The van der Waals surface area contributed by atoms with E-state index in [0.29, 0.717) is 29.3 Å². The Balaban J connectivity index is 2.02. The van der Waals surface area contributed by atoms with E-state index in [1.807, 2.05) is 6.07 Å². The molecule has 1 atom stereocenters. The Morgan fingerprint density at radius 1 is 1.26 bits per heavy atom. The van der Waals surface area contributed by atoms with Crippen molar-refractivity contribution in [3.05, 3.63) is 37.2 Å². The zero-order valence-electron chi connectivity index (χ0n) is 9.60. The molecule has 1 aliphatic heterocycles. The van der Waals surface area contributed by atoms with Crippen molar-refractivity contribution < 1.29 is 14.6 Å². The normalized spacial score (nSPS) is 15.3. The van der Waals surface area contributed by atoms with Crippen LogP contribution in [0.15, 0.2) is 26.7 Å². The second-order valence-corrected chi connectivity index (χ2v) is 6.43. The van der Waals surface area contributed by atoms with Crippen LogP contribution in [0.1, 0.15) is 16.5 Å². The van der Waals surface area contributed by atoms with E-state index in [1.165, 1.54) is 11.3 Å². The average Bonchev–Trinajstić information content (AvgIpc) is 2.84. The minimum absolute atomic E-state index is 0.517. The summed E-state index contributed by atoms with van der Waals surface area (Å²) in [6, 6.07) is 3.64. The van der Waals surface area contributed by atoms with Crippen LogP contribution in [-0.4, -0.2) is 23.3 Å². The SMILES string of the molecule is OC(c1cc(Br)c2c(c1)OCCO2)c1scnc1Br. The lowest BCUT2D eigenvalue weighted by Gasteiger charge is -2.21. The van der Waals surface area contributed by atoms with Crippen LogP contribution in [0.4, 0.5) is 0 Å². The molecule has 2 heterocycles. The quantitative estimate of drug-likeness (QED) is 0.828. The van der Waals surface area contributed by atoms with Gasteiger partial charge in [0.1, 0.15) is 23.9 Å². The van der Waals surface area contributed by atoms with Crippen LogP contribution >= 0.6 is 43.2 Å². The highest BCUT2D eigenvalue weighted by Crippen LogP contribution is 2.42. The van der Waals surface area contributed by atoms with Crippen molar-refractivity contribution in [2.75, 3.05) is 13.2 Å².